The minimum absolute atomic E-state index is 0.589. The van der Waals surface area contributed by atoms with Gasteiger partial charge in [0, 0.05) is 26.1 Å². The fourth-order valence-corrected chi connectivity index (χ4v) is 2.42. The summed E-state index contributed by atoms with van der Waals surface area (Å²) in [6.45, 7) is 9.04. The average molecular weight is 346 g/mol. The van der Waals surface area contributed by atoms with Crippen LogP contribution in [0.15, 0.2) is 27.8 Å². The van der Waals surface area contributed by atoms with Crippen molar-refractivity contribution in [3.63, 3.8) is 0 Å². The first-order chi connectivity index (χ1) is 12.2. The Hall–Kier alpha value is -2.31. The SMILES string of the molecule is CCNC(=NCCCCC(C)C)NCCc1nc(-c2ccco2)n[nH]1. The lowest BCUT2D eigenvalue weighted by atomic mass is 10.1. The molecule has 0 aliphatic rings. The highest BCUT2D eigenvalue weighted by Crippen LogP contribution is 2.14. The molecule has 2 heterocycles. The quantitative estimate of drug-likeness (QED) is 0.349. The van der Waals surface area contributed by atoms with E-state index in [4.69, 9.17) is 4.42 Å². The molecule has 0 atom stereocenters. The van der Waals surface area contributed by atoms with Crippen molar-refractivity contribution in [1.82, 2.24) is 25.8 Å². The number of aliphatic imine (C=N–C) groups is 1. The van der Waals surface area contributed by atoms with Crippen molar-refractivity contribution in [3.8, 4) is 11.6 Å². The Morgan fingerprint density at radius 2 is 2.20 bits per heavy atom. The second-order valence-electron chi connectivity index (χ2n) is 6.41. The fourth-order valence-electron chi connectivity index (χ4n) is 2.42. The van der Waals surface area contributed by atoms with E-state index in [0.717, 1.165) is 50.2 Å². The third kappa shape index (κ3) is 6.99. The zero-order valence-electron chi connectivity index (χ0n) is 15.5. The van der Waals surface area contributed by atoms with Crippen LogP contribution in [-0.4, -0.2) is 40.8 Å². The first-order valence-electron chi connectivity index (χ1n) is 9.16. The number of hydrogen-bond donors (Lipinski definition) is 3. The van der Waals surface area contributed by atoms with Gasteiger partial charge < -0.3 is 15.1 Å². The van der Waals surface area contributed by atoms with Crippen molar-refractivity contribution >= 4 is 5.96 Å². The molecular formula is C18H30N6O. The van der Waals surface area contributed by atoms with Gasteiger partial charge in [-0.1, -0.05) is 26.7 Å². The summed E-state index contributed by atoms with van der Waals surface area (Å²) in [6.07, 6.45) is 5.99. The Bertz CT molecular complexity index is 617. The fraction of sp³-hybridized carbons (Fsp3) is 0.611. The number of aromatic amines is 1. The molecule has 0 aromatic carbocycles. The third-order valence-electron chi connectivity index (χ3n) is 3.73. The first kappa shape index (κ1) is 19.0. The van der Waals surface area contributed by atoms with Gasteiger partial charge in [0.1, 0.15) is 5.82 Å². The molecule has 0 bridgehead atoms. The first-order valence-corrected chi connectivity index (χ1v) is 9.16. The molecule has 25 heavy (non-hydrogen) atoms. The smallest absolute Gasteiger partial charge is 0.216 e. The molecule has 0 amide bonds. The summed E-state index contributed by atoms with van der Waals surface area (Å²) in [4.78, 5) is 9.06. The summed E-state index contributed by atoms with van der Waals surface area (Å²) in [5, 5.41) is 13.7. The Morgan fingerprint density at radius 1 is 1.32 bits per heavy atom. The van der Waals surface area contributed by atoms with Gasteiger partial charge >= 0.3 is 0 Å². The second kappa shape index (κ2) is 10.5. The van der Waals surface area contributed by atoms with Crippen LogP contribution in [0.3, 0.4) is 0 Å². The summed E-state index contributed by atoms with van der Waals surface area (Å²) >= 11 is 0. The van der Waals surface area contributed by atoms with E-state index in [-0.39, 0.29) is 0 Å². The zero-order chi connectivity index (χ0) is 17.9. The highest BCUT2D eigenvalue weighted by atomic mass is 16.3. The number of guanidine groups is 1. The number of furan rings is 1. The predicted molar refractivity (Wildman–Crippen MR) is 100 cm³/mol. The van der Waals surface area contributed by atoms with E-state index in [1.54, 1.807) is 6.26 Å². The summed E-state index contributed by atoms with van der Waals surface area (Å²) in [5.74, 6) is 3.71. The van der Waals surface area contributed by atoms with Crippen LogP contribution in [-0.2, 0) is 6.42 Å². The van der Waals surface area contributed by atoms with Crippen LogP contribution in [0, 0.1) is 5.92 Å². The Morgan fingerprint density at radius 3 is 2.92 bits per heavy atom. The van der Waals surface area contributed by atoms with Gasteiger partial charge in [-0.3, -0.25) is 10.1 Å². The van der Waals surface area contributed by atoms with E-state index < -0.39 is 0 Å². The molecule has 3 N–H and O–H groups in total. The molecule has 0 fully saturated rings. The Balaban J connectivity index is 1.73. The van der Waals surface area contributed by atoms with Crippen LogP contribution < -0.4 is 10.6 Å². The lowest BCUT2D eigenvalue weighted by molar-refractivity contribution is 0.541. The largest absolute Gasteiger partial charge is 0.461 e. The van der Waals surface area contributed by atoms with Crippen LogP contribution in [0.4, 0.5) is 0 Å². The van der Waals surface area contributed by atoms with Crippen LogP contribution in [0.2, 0.25) is 0 Å². The minimum Gasteiger partial charge on any atom is -0.461 e. The maximum Gasteiger partial charge on any atom is 0.216 e. The second-order valence-corrected chi connectivity index (χ2v) is 6.41. The van der Waals surface area contributed by atoms with Gasteiger partial charge in [0.15, 0.2) is 11.7 Å². The molecule has 2 aromatic rings. The third-order valence-corrected chi connectivity index (χ3v) is 3.73. The summed E-state index contributed by atoms with van der Waals surface area (Å²) in [6, 6.07) is 3.67. The molecule has 7 heteroatoms. The van der Waals surface area contributed by atoms with E-state index in [1.165, 1.54) is 12.8 Å². The highest BCUT2D eigenvalue weighted by molar-refractivity contribution is 5.79. The van der Waals surface area contributed by atoms with Gasteiger partial charge in [-0.15, -0.1) is 0 Å². The molecule has 2 rings (SSSR count). The van der Waals surface area contributed by atoms with E-state index in [0.29, 0.717) is 11.6 Å². The van der Waals surface area contributed by atoms with Crippen LogP contribution in [0.5, 0.6) is 0 Å². The van der Waals surface area contributed by atoms with Crippen molar-refractivity contribution in [2.45, 2.75) is 46.5 Å². The molecule has 0 aliphatic carbocycles. The molecule has 0 aliphatic heterocycles. The summed E-state index contributed by atoms with van der Waals surface area (Å²) in [7, 11) is 0. The predicted octanol–water partition coefficient (Wildman–Crippen LogP) is 2.99. The molecule has 0 saturated heterocycles. The number of unbranched alkanes of at least 4 members (excludes halogenated alkanes) is 1. The van der Waals surface area contributed by atoms with Crippen molar-refractivity contribution in [2.24, 2.45) is 10.9 Å². The number of H-pyrrole nitrogens is 1. The van der Waals surface area contributed by atoms with Crippen LogP contribution in [0.25, 0.3) is 11.6 Å². The number of hydrogen-bond acceptors (Lipinski definition) is 4. The molecule has 2 aromatic heterocycles. The molecule has 7 nitrogen and oxygen atoms in total. The normalized spacial score (nSPS) is 11.9. The zero-order valence-corrected chi connectivity index (χ0v) is 15.5. The average Bonchev–Trinajstić information content (AvgIpc) is 3.25. The Labute approximate surface area is 149 Å². The topological polar surface area (TPSA) is 91.1 Å². The van der Waals surface area contributed by atoms with Gasteiger partial charge in [-0.2, -0.15) is 5.10 Å². The summed E-state index contributed by atoms with van der Waals surface area (Å²) < 4.78 is 5.30. The van der Waals surface area contributed by atoms with E-state index in [2.05, 4.69) is 51.6 Å². The van der Waals surface area contributed by atoms with Crippen LogP contribution >= 0.6 is 0 Å². The highest BCUT2D eigenvalue weighted by Gasteiger charge is 2.08. The Kier molecular flexibility index (Phi) is 8.01. The van der Waals surface area contributed by atoms with Crippen molar-refractivity contribution < 1.29 is 4.42 Å². The molecule has 138 valence electrons. The van der Waals surface area contributed by atoms with Gasteiger partial charge in [0.25, 0.3) is 0 Å². The molecule has 0 spiro atoms. The summed E-state index contributed by atoms with van der Waals surface area (Å²) in [5.41, 5.74) is 0. The van der Waals surface area contributed by atoms with E-state index in [9.17, 15) is 0 Å². The molecule has 0 unspecified atom stereocenters. The standard InChI is InChI=1S/C18H30N6O/c1-4-19-18(20-11-6-5-8-14(2)3)21-12-10-16-22-17(24-23-16)15-9-7-13-25-15/h7,9,13-14H,4-6,8,10-12H2,1-3H3,(H2,19,20,21)(H,22,23,24). The molecular weight excluding hydrogens is 316 g/mol. The van der Waals surface area contributed by atoms with Crippen molar-refractivity contribution in [1.29, 1.82) is 0 Å². The van der Waals surface area contributed by atoms with Gasteiger partial charge in [0.2, 0.25) is 5.82 Å². The molecule has 0 saturated carbocycles. The van der Waals surface area contributed by atoms with Gasteiger partial charge in [-0.05, 0) is 31.4 Å². The lowest BCUT2D eigenvalue weighted by Crippen LogP contribution is -2.38. The van der Waals surface area contributed by atoms with Gasteiger partial charge in [-0.25, -0.2) is 4.98 Å². The lowest BCUT2D eigenvalue weighted by Gasteiger charge is -2.10. The van der Waals surface area contributed by atoms with Crippen LogP contribution in [0.1, 0.15) is 45.9 Å². The van der Waals surface area contributed by atoms with Gasteiger partial charge in [0.05, 0.1) is 6.26 Å². The molecule has 0 radical (unpaired) electrons. The monoisotopic (exact) mass is 346 g/mol. The maximum atomic E-state index is 5.30. The number of rotatable bonds is 10. The number of nitrogens with zero attached hydrogens (tertiary/aromatic N) is 3. The van der Waals surface area contributed by atoms with E-state index >= 15 is 0 Å². The van der Waals surface area contributed by atoms with Crippen molar-refractivity contribution in [2.75, 3.05) is 19.6 Å². The number of nitrogens with one attached hydrogen (secondary N) is 3. The van der Waals surface area contributed by atoms with Crippen molar-refractivity contribution in [3.05, 3.63) is 24.2 Å². The maximum absolute atomic E-state index is 5.30. The van der Waals surface area contributed by atoms with E-state index in [1.807, 2.05) is 12.1 Å². The minimum atomic E-state index is 0.589. The number of aromatic nitrogens is 3.